The van der Waals surface area contributed by atoms with Crippen molar-refractivity contribution in [3.8, 4) is 0 Å². The number of aliphatic hydroxyl groups excluding tert-OH is 1. The van der Waals surface area contributed by atoms with Gasteiger partial charge < -0.3 is 24.4 Å². The summed E-state index contributed by atoms with van der Waals surface area (Å²) in [6.07, 6.45) is -0.923. The summed E-state index contributed by atoms with van der Waals surface area (Å²) in [6, 6.07) is 0. The molecule has 0 heterocycles. The largest absolute Gasteiger partial charge is 0.480 e. The van der Waals surface area contributed by atoms with Crippen LogP contribution in [0, 0.1) is 0 Å². The number of rotatable bonds is 9. The molecule has 0 aliphatic carbocycles. The van der Waals surface area contributed by atoms with Crippen molar-refractivity contribution < 1.29 is 29.2 Å². The minimum Gasteiger partial charge on any atom is -0.480 e. The SMILES string of the molecule is COCC(C)OCC(O)COCC(=O)O. The molecule has 0 bridgehead atoms. The molecule has 0 rings (SSSR count). The molecule has 2 unspecified atom stereocenters. The summed E-state index contributed by atoms with van der Waals surface area (Å²) in [7, 11) is 1.56. The third kappa shape index (κ3) is 9.61. The number of ether oxygens (including phenoxy) is 3. The maximum absolute atomic E-state index is 10.1. The van der Waals surface area contributed by atoms with Crippen LogP contribution < -0.4 is 0 Å². The van der Waals surface area contributed by atoms with Crippen molar-refractivity contribution in [2.45, 2.75) is 19.1 Å². The fraction of sp³-hybridized carbons (Fsp3) is 0.889. The smallest absolute Gasteiger partial charge is 0.329 e. The number of methoxy groups -OCH3 is 1. The first-order chi connectivity index (χ1) is 7.06. The second-order valence-corrected chi connectivity index (χ2v) is 3.16. The van der Waals surface area contributed by atoms with E-state index in [1.54, 1.807) is 7.11 Å². The highest BCUT2D eigenvalue weighted by Crippen LogP contribution is 1.94. The van der Waals surface area contributed by atoms with Gasteiger partial charge in [-0.15, -0.1) is 0 Å². The van der Waals surface area contributed by atoms with Crippen LogP contribution in [0.15, 0.2) is 0 Å². The molecule has 0 aromatic rings. The van der Waals surface area contributed by atoms with Crippen molar-refractivity contribution in [1.29, 1.82) is 0 Å². The summed E-state index contributed by atoms with van der Waals surface area (Å²) in [5, 5.41) is 17.6. The van der Waals surface area contributed by atoms with Crippen LogP contribution in [0.25, 0.3) is 0 Å². The van der Waals surface area contributed by atoms with Gasteiger partial charge in [0.15, 0.2) is 0 Å². The Bertz CT molecular complexity index is 172. The zero-order chi connectivity index (χ0) is 11.7. The maximum Gasteiger partial charge on any atom is 0.329 e. The maximum atomic E-state index is 10.1. The van der Waals surface area contributed by atoms with Gasteiger partial charge in [0.05, 0.1) is 25.9 Å². The van der Waals surface area contributed by atoms with Crippen LogP contribution in [0.4, 0.5) is 0 Å². The number of carbonyl (C=O) groups is 1. The second-order valence-electron chi connectivity index (χ2n) is 3.16. The van der Waals surface area contributed by atoms with Crippen molar-refractivity contribution >= 4 is 5.97 Å². The van der Waals surface area contributed by atoms with Gasteiger partial charge in [0, 0.05) is 7.11 Å². The summed E-state index contributed by atoms with van der Waals surface area (Å²) in [5.41, 5.74) is 0. The van der Waals surface area contributed by atoms with E-state index in [0.29, 0.717) is 6.61 Å². The number of hydrogen-bond acceptors (Lipinski definition) is 5. The van der Waals surface area contributed by atoms with E-state index < -0.39 is 18.7 Å². The predicted octanol–water partition coefficient (Wildman–Crippen LogP) is -0.500. The normalized spacial score (nSPS) is 14.9. The molecule has 0 saturated carbocycles. The fourth-order valence-corrected chi connectivity index (χ4v) is 0.889. The molecule has 15 heavy (non-hydrogen) atoms. The lowest BCUT2D eigenvalue weighted by atomic mass is 10.4. The van der Waals surface area contributed by atoms with Crippen LogP contribution in [0.5, 0.6) is 0 Å². The molecule has 6 heteroatoms. The average Bonchev–Trinajstić information content (AvgIpc) is 2.14. The Kier molecular flexibility index (Phi) is 8.21. The summed E-state index contributed by atoms with van der Waals surface area (Å²) in [4.78, 5) is 10.1. The molecule has 2 N–H and O–H groups in total. The Morgan fingerprint density at radius 1 is 1.33 bits per heavy atom. The molecular weight excluding hydrogens is 204 g/mol. The van der Waals surface area contributed by atoms with E-state index in [-0.39, 0.29) is 19.3 Å². The number of hydrogen-bond donors (Lipinski definition) is 2. The standard InChI is InChI=1S/C9H18O6/c1-7(3-13-2)15-5-8(10)4-14-6-9(11)12/h7-8,10H,3-6H2,1-2H3,(H,11,12). The fourth-order valence-electron chi connectivity index (χ4n) is 0.889. The number of aliphatic carboxylic acids is 1. The topological polar surface area (TPSA) is 85.2 Å². The molecule has 2 atom stereocenters. The first-order valence-electron chi connectivity index (χ1n) is 4.64. The lowest BCUT2D eigenvalue weighted by Crippen LogP contribution is -2.27. The Balaban J connectivity index is 3.40. The lowest BCUT2D eigenvalue weighted by molar-refractivity contribution is -0.144. The molecular formula is C9H18O6. The van der Waals surface area contributed by atoms with E-state index in [0.717, 1.165) is 0 Å². The van der Waals surface area contributed by atoms with Crippen molar-refractivity contribution in [2.75, 3.05) is 33.5 Å². The summed E-state index contributed by atoms with van der Waals surface area (Å²) in [5.74, 6) is -1.06. The van der Waals surface area contributed by atoms with Gasteiger partial charge in [-0.1, -0.05) is 0 Å². The van der Waals surface area contributed by atoms with Gasteiger partial charge in [-0.05, 0) is 6.92 Å². The van der Waals surface area contributed by atoms with E-state index >= 15 is 0 Å². The van der Waals surface area contributed by atoms with E-state index in [9.17, 15) is 9.90 Å². The second kappa shape index (κ2) is 8.60. The molecule has 0 fully saturated rings. The number of aliphatic hydroxyl groups is 1. The number of carboxylic acid groups (broad SMARTS) is 1. The summed E-state index contributed by atoms with van der Waals surface area (Å²) in [6.45, 7) is 1.90. The van der Waals surface area contributed by atoms with Crippen molar-refractivity contribution in [2.24, 2.45) is 0 Å². The molecule has 0 radical (unpaired) electrons. The van der Waals surface area contributed by atoms with Crippen LogP contribution in [0.3, 0.4) is 0 Å². The van der Waals surface area contributed by atoms with Gasteiger partial charge in [0.1, 0.15) is 12.7 Å². The highest BCUT2D eigenvalue weighted by atomic mass is 16.5. The molecule has 0 aliphatic rings. The molecule has 0 amide bonds. The van der Waals surface area contributed by atoms with E-state index in [1.807, 2.05) is 6.92 Å². The third-order valence-electron chi connectivity index (χ3n) is 1.51. The highest BCUT2D eigenvalue weighted by Gasteiger charge is 2.08. The van der Waals surface area contributed by atoms with Gasteiger partial charge in [0.25, 0.3) is 0 Å². The van der Waals surface area contributed by atoms with Gasteiger partial charge in [-0.2, -0.15) is 0 Å². The lowest BCUT2D eigenvalue weighted by Gasteiger charge is -2.15. The van der Waals surface area contributed by atoms with Gasteiger partial charge in [0.2, 0.25) is 0 Å². The Morgan fingerprint density at radius 3 is 2.53 bits per heavy atom. The monoisotopic (exact) mass is 222 g/mol. The van der Waals surface area contributed by atoms with Gasteiger partial charge in [-0.25, -0.2) is 4.79 Å². The van der Waals surface area contributed by atoms with Crippen LogP contribution in [-0.2, 0) is 19.0 Å². The zero-order valence-electron chi connectivity index (χ0n) is 9.01. The van der Waals surface area contributed by atoms with Crippen molar-refractivity contribution in [1.82, 2.24) is 0 Å². The Hall–Kier alpha value is -0.690. The molecule has 6 nitrogen and oxygen atoms in total. The Labute approximate surface area is 88.7 Å². The molecule has 0 aromatic carbocycles. The first kappa shape index (κ1) is 14.3. The van der Waals surface area contributed by atoms with Gasteiger partial charge >= 0.3 is 5.97 Å². The molecule has 0 spiro atoms. The zero-order valence-corrected chi connectivity index (χ0v) is 9.01. The first-order valence-corrected chi connectivity index (χ1v) is 4.64. The van der Waals surface area contributed by atoms with E-state index in [4.69, 9.17) is 14.6 Å². The van der Waals surface area contributed by atoms with Crippen LogP contribution in [0.2, 0.25) is 0 Å². The van der Waals surface area contributed by atoms with Crippen LogP contribution in [0.1, 0.15) is 6.92 Å². The summed E-state index contributed by atoms with van der Waals surface area (Å²) >= 11 is 0. The van der Waals surface area contributed by atoms with Gasteiger partial charge in [-0.3, -0.25) is 0 Å². The van der Waals surface area contributed by atoms with E-state index in [1.165, 1.54) is 0 Å². The Morgan fingerprint density at radius 2 is 2.00 bits per heavy atom. The number of carboxylic acids is 1. The molecule has 0 saturated heterocycles. The van der Waals surface area contributed by atoms with Crippen LogP contribution >= 0.6 is 0 Å². The molecule has 0 aromatic heterocycles. The van der Waals surface area contributed by atoms with Crippen molar-refractivity contribution in [3.63, 3.8) is 0 Å². The summed E-state index contributed by atoms with van der Waals surface area (Å²) < 4.78 is 14.7. The van der Waals surface area contributed by atoms with E-state index in [2.05, 4.69) is 4.74 Å². The minimum absolute atomic E-state index is 0.0496. The highest BCUT2D eigenvalue weighted by molar-refractivity contribution is 5.67. The quantitative estimate of drug-likeness (QED) is 0.547. The third-order valence-corrected chi connectivity index (χ3v) is 1.51. The average molecular weight is 222 g/mol. The van der Waals surface area contributed by atoms with Crippen LogP contribution in [-0.4, -0.2) is 61.9 Å². The molecule has 0 aliphatic heterocycles. The minimum atomic E-state index is -1.06. The van der Waals surface area contributed by atoms with Crippen molar-refractivity contribution in [3.05, 3.63) is 0 Å². The predicted molar refractivity (Wildman–Crippen MR) is 51.8 cm³/mol. The molecule has 90 valence electrons.